The molecule has 0 saturated carbocycles. The first-order valence-corrected chi connectivity index (χ1v) is 10.7. The summed E-state index contributed by atoms with van der Waals surface area (Å²) >= 11 is 1.49. The van der Waals surface area contributed by atoms with Crippen LogP contribution in [-0.4, -0.2) is 38.6 Å². The second kappa shape index (κ2) is 8.21. The molecule has 0 N–H and O–H groups in total. The highest BCUT2D eigenvalue weighted by Gasteiger charge is 2.34. The topological polar surface area (TPSA) is 72.3 Å². The first-order valence-electron chi connectivity index (χ1n) is 9.69. The maximum Gasteiger partial charge on any atom is 0.262 e. The lowest BCUT2D eigenvalue weighted by Gasteiger charge is -2.15. The minimum atomic E-state index is -0.234. The first-order chi connectivity index (χ1) is 14.1. The number of para-hydroxylation sites is 1. The predicted molar refractivity (Wildman–Crippen MR) is 113 cm³/mol. The van der Waals surface area contributed by atoms with E-state index in [1.807, 2.05) is 25.1 Å². The number of imide groups is 1. The van der Waals surface area contributed by atoms with Crippen LogP contribution in [0.5, 0.6) is 0 Å². The first kappa shape index (κ1) is 19.4. The smallest absolute Gasteiger partial charge is 0.262 e. The van der Waals surface area contributed by atoms with Crippen molar-refractivity contribution in [2.24, 2.45) is 0 Å². The van der Waals surface area contributed by atoms with Crippen LogP contribution in [0.25, 0.3) is 10.9 Å². The Balaban J connectivity index is 1.46. The molecule has 6 nitrogen and oxygen atoms in total. The van der Waals surface area contributed by atoms with Crippen LogP contribution in [0.4, 0.5) is 0 Å². The number of aromatic nitrogens is 2. The molecule has 0 aliphatic carbocycles. The van der Waals surface area contributed by atoms with Gasteiger partial charge in [-0.25, -0.2) is 4.98 Å². The second-order valence-electron chi connectivity index (χ2n) is 6.88. The average molecular weight is 407 g/mol. The molecule has 2 aromatic carbocycles. The number of nitrogens with zero attached hydrogens (tertiary/aromatic N) is 3. The van der Waals surface area contributed by atoms with Crippen LogP contribution in [0.2, 0.25) is 0 Å². The summed E-state index contributed by atoms with van der Waals surface area (Å²) in [6.07, 6.45) is 1.47. The average Bonchev–Trinajstić information content (AvgIpc) is 2.98. The van der Waals surface area contributed by atoms with Gasteiger partial charge in [0, 0.05) is 18.8 Å². The third-order valence-electron chi connectivity index (χ3n) is 4.91. The Kier molecular flexibility index (Phi) is 5.49. The maximum atomic E-state index is 12.8. The fourth-order valence-corrected chi connectivity index (χ4v) is 4.46. The number of amides is 2. The lowest BCUT2D eigenvalue weighted by molar-refractivity contribution is 0.0655. The summed E-state index contributed by atoms with van der Waals surface area (Å²) in [5.41, 5.74) is 1.60. The van der Waals surface area contributed by atoms with Gasteiger partial charge in [0.15, 0.2) is 5.16 Å². The van der Waals surface area contributed by atoms with E-state index >= 15 is 0 Å². The van der Waals surface area contributed by atoms with E-state index in [1.165, 1.54) is 16.7 Å². The molecule has 1 aliphatic rings. The second-order valence-corrected chi connectivity index (χ2v) is 7.94. The van der Waals surface area contributed by atoms with Gasteiger partial charge in [0.25, 0.3) is 17.4 Å². The van der Waals surface area contributed by atoms with Crippen LogP contribution in [0.3, 0.4) is 0 Å². The highest BCUT2D eigenvalue weighted by Crippen LogP contribution is 2.24. The van der Waals surface area contributed by atoms with Crippen molar-refractivity contribution in [2.75, 3.05) is 12.3 Å². The third-order valence-corrected chi connectivity index (χ3v) is 5.97. The lowest BCUT2D eigenvalue weighted by Crippen LogP contribution is -2.31. The van der Waals surface area contributed by atoms with Crippen molar-refractivity contribution in [3.05, 3.63) is 70.0 Å². The lowest BCUT2D eigenvalue weighted by atomic mass is 10.1. The molecule has 4 rings (SSSR count). The molecule has 0 unspecified atom stereocenters. The fourth-order valence-electron chi connectivity index (χ4n) is 3.51. The Hall–Kier alpha value is -2.93. The molecule has 7 heteroatoms. The predicted octanol–water partition coefficient (Wildman–Crippen LogP) is 3.58. The molecule has 0 radical (unpaired) electrons. The van der Waals surface area contributed by atoms with E-state index in [0.29, 0.717) is 52.4 Å². The number of carbonyl (C=O) groups is 2. The number of hydrogen-bond acceptors (Lipinski definition) is 5. The summed E-state index contributed by atoms with van der Waals surface area (Å²) in [5, 5.41) is 1.30. The summed E-state index contributed by atoms with van der Waals surface area (Å²) in [6.45, 7) is 2.99. The van der Waals surface area contributed by atoms with Gasteiger partial charge in [0.05, 0.1) is 22.0 Å². The standard InChI is InChI=1S/C22H21N3O3S/c1-2-12-25-21(28)17-10-5-6-11-18(17)23-22(25)29-14-7-13-24-19(26)15-8-3-4-9-16(15)20(24)27/h3-6,8-11H,2,7,12-14H2,1H3. The Morgan fingerprint density at radius 3 is 2.24 bits per heavy atom. The molecule has 0 bridgehead atoms. The largest absolute Gasteiger partial charge is 0.287 e. The minimum Gasteiger partial charge on any atom is -0.287 e. The van der Waals surface area contributed by atoms with E-state index < -0.39 is 0 Å². The molecule has 0 fully saturated rings. The van der Waals surface area contributed by atoms with Gasteiger partial charge in [-0.15, -0.1) is 0 Å². The molecule has 1 aliphatic heterocycles. The van der Waals surface area contributed by atoms with Gasteiger partial charge in [-0.1, -0.05) is 43.0 Å². The van der Waals surface area contributed by atoms with Crippen molar-refractivity contribution in [1.29, 1.82) is 0 Å². The van der Waals surface area contributed by atoms with E-state index in [1.54, 1.807) is 34.9 Å². The summed E-state index contributed by atoms with van der Waals surface area (Å²) in [6, 6.07) is 14.3. The number of carbonyl (C=O) groups excluding carboxylic acids is 2. The molecule has 3 aromatic rings. The number of thioether (sulfide) groups is 1. The number of rotatable bonds is 7. The molecule has 2 amide bonds. The summed E-state index contributed by atoms with van der Waals surface area (Å²) < 4.78 is 1.72. The van der Waals surface area contributed by atoms with E-state index in [9.17, 15) is 14.4 Å². The third kappa shape index (κ3) is 3.58. The van der Waals surface area contributed by atoms with Crippen LogP contribution in [-0.2, 0) is 6.54 Å². The Bertz CT molecular complexity index is 1120. The van der Waals surface area contributed by atoms with Gasteiger partial charge in [-0.05, 0) is 37.1 Å². The van der Waals surface area contributed by atoms with Crippen molar-refractivity contribution in [3.63, 3.8) is 0 Å². The molecular weight excluding hydrogens is 386 g/mol. The van der Waals surface area contributed by atoms with Gasteiger partial charge in [0.1, 0.15) is 0 Å². The van der Waals surface area contributed by atoms with Gasteiger partial charge < -0.3 is 0 Å². The molecule has 0 spiro atoms. The summed E-state index contributed by atoms with van der Waals surface area (Å²) in [7, 11) is 0. The fraction of sp³-hybridized carbons (Fsp3) is 0.273. The highest BCUT2D eigenvalue weighted by molar-refractivity contribution is 7.99. The Labute approximate surface area is 172 Å². The molecule has 1 aromatic heterocycles. The van der Waals surface area contributed by atoms with Crippen LogP contribution >= 0.6 is 11.8 Å². The van der Waals surface area contributed by atoms with Crippen LogP contribution in [0, 0.1) is 0 Å². The number of benzene rings is 2. The minimum absolute atomic E-state index is 0.0275. The van der Waals surface area contributed by atoms with Crippen molar-refractivity contribution in [1.82, 2.24) is 14.5 Å². The van der Waals surface area contributed by atoms with Crippen LogP contribution in [0.1, 0.15) is 40.5 Å². The van der Waals surface area contributed by atoms with Gasteiger partial charge >= 0.3 is 0 Å². The highest BCUT2D eigenvalue weighted by atomic mass is 32.2. The maximum absolute atomic E-state index is 12.8. The monoisotopic (exact) mass is 407 g/mol. The molecule has 29 heavy (non-hydrogen) atoms. The SMILES string of the molecule is CCCn1c(SCCCN2C(=O)c3ccccc3C2=O)nc2ccccc2c1=O. The van der Waals surface area contributed by atoms with Gasteiger partial charge in [-0.2, -0.15) is 0 Å². The van der Waals surface area contributed by atoms with Crippen molar-refractivity contribution < 1.29 is 9.59 Å². The summed E-state index contributed by atoms with van der Waals surface area (Å²) in [5.74, 6) is 0.187. The molecule has 2 heterocycles. The molecule has 0 saturated heterocycles. The summed E-state index contributed by atoms with van der Waals surface area (Å²) in [4.78, 5) is 43.7. The Morgan fingerprint density at radius 2 is 1.55 bits per heavy atom. The molecule has 148 valence electrons. The van der Waals surface area contributed by atoms with Crippen molar-refractivity contribution in [2.45, 2.75) is 31.5 Å². The van der Waals surface area contributed by atoms with E-state index in [2.05, 4.69) is 4.98 Å². The zero-order valence-corrected chi connectivity index (χ0v) is 16.9. The van der Waals surface area contributed by atoms with Crippen molar-refractivity contribution in [3.8, 4) is 0 Å². The quantitative estimate of drug-likeness (QED) is 0.259. The van der Waals surface area contributed by atoms with Gasteiger partial charge in [0.2, 0.25) is 0 Å². The van der Waals surface area contributed by atoms with Crippen molar-refractivity contribution >= 4 is 34.5 Å². The number of hydrogen-bond donors (Lipinski definition) is 0. The van der Waals surface area contributed by atoms with E-state index in [-0.39, 0.29) is 17.4 Å². The van der Waals surface area contributed by atoms with Crippen LogP contribution < -0.4 is 5.56 Å². The Morgan fingerprint density at radius 1 is 0.897 bits per heavy atom. The van der Waals surface area contributed by atoms with Crippen LogP contribution in [0.15, 0.2) is 58.5 Å². The number of fused-ring (bicyclic) bond motifs is 2. The normalized spacial score (nSPS) is 13.3. The molecular formula is C22H21N3O3S. The van der Waals surface area contributed by atoms with Gasteiger partial charge in [-0.3, -0.25) is 23.9 Å². The zero-order valence-electron chi connectivity index (χ0n) is 16.1. The molecule has 0 atom stereocenters. The zero-order chi connectivity index (χ0) is 20.4. The van der Waals surface area contributed by atoms with E-state index in [4.69, 9.17) is 0 Å². The van der Waals surface area contributed by atoms with E-state index in [0.717, 1.165) is 6.42 Å².